The molecule has 2 aromatic carbocycles. The Morgan fingerprint density at radius 2 is 2.03 bits per heavy atom. The first-order chi connectivity index (χ1) is 13.9. The van der Waals surface area contributed by atoms with E-state index in [1.165, 1.54) is 0 Å². The van der Waals surface area contributed by atoms with Crippen molar-refractivity contribution in [3.63, 3.8) is 0 Å². The Hall–Kier alpha value is -2.19. The maximum atomic E-state index is 13.7. The molecule has 0 fully saturated rings. The van der Waals surface area contributed by atoms with E-state index in [0.29, 0.717) is 16.8 Å². The van der Waals surface area contributed by atoms with E-state index in [-0.39, 0.29) is 22.3 Å². The highest BCUT2D eigenvalue weighted by Gasteiger charge is 2.45. The summed E-state index contributed by atoms with van der Waals surface area (Å²) >= 11 is 11.6. The molecule has 3 rings (SSSR count). The molecule has 1 aliphatic heterocycles. The van der Waals surface area contributed by atoms with Gasteiger partial charge in [0.05, 0.1) is 22.0 Å². The van der Waals surface area contributed by atoms with Gasteiger partial charge in [0.1, 0.15) is 17.0 Å². The molecule has 0 radical (unpaired) electrons. The minimum absolute atomic E-state index is 0.0470. The molecule has 1 heterocycles. The number of nitriles is 1. The molecule has 2 unspecified atom stereocenters. The molecule has 0 saturated carbocycles. The fraction of sp³-hybridized carbons (Fsp3) is 0.278. The summed E-state index contributed by atoms with van der Waals surface area (Å²) < 4.78 is 68.2. The lowest BCUT2D eigenvalue weighted by molar-refractivity contribution is -0.153. The van der Waals surface area contributed by atoms with E-state index < -0.39 is 39.5 Å². The first-order valence-corrected chi connectivity index (χ1v) is 10.8. The van der Waals surface area contributed by atoms with Gasteiger partial charge in [-0.2, -0.15) is 23.2 Å². The number of hydrogen-bond donors (Lipinski definition) is 3. The molecule has 12 heteroatoms. The third-order valence-electron chi connectivity index (χ3n) is 4.70. The average molecular weight is 479 g/mol. The fourth-order valence-electron chi connectivity index (χ4n) is 3.39. The quantitative estimate of drug-likeness (QED) is 0.556. The van der Waals surface area contributed by atoms with Gasteiger partial charge < -0.3 is 11.1 Å². The Morgan fingerprint density at radius 1 is 1.33 bits per heavy atom. The van der Waals surface area contributed by atoms with Gasteiger partial charge in [0, 0.05) is 17.5 Å². The van der Waals surface area contributed by atoms with Gasteiger partial charge >= 0.3 is 6.18 Å². The number of sulfonamides is 1. The van der Waals surface area contributed by atoms with E-state index in [2.05, 4.69) is 5.32 Å². The van der Waals surface area contributed by atoms with E-state index in [1.54, 1.807) is 22.9 Å². The molecule has 0 aromatic heterocycles. The van der Waals surface area contributed by atoms with Gasteiger partial charge in [-0.05, 0) is 30.2 Å². The van der Waals surface area contributed by atoms with Crippen LogP contribution in [0.25, 0.3) is 0 Å². The van der Waals surface area contributed by atoms with Gasteiger partial charge in [0.15, 0.2) is 0 Å². The van der Waals surface area contributed by atoms with Gasteiger partial charge in [-0.3, -0.25) is 0 Å². The van der Waals surface area contributed by atoms with Crippen LogP contribution in [0.2, 0.25) is 10.0 Å². The topological polar surface area (TPSA) is 108 Å². The van der Waals surface area contributed by atoms with Crippen LogP contribution in [-0.2, 0) is 10.0 Å². The molecule has 0 aliphatic carbocycles. The van der Waals surface area contributed by atoms with Gasteiger partial charge in [-0.15, -0.1) is 0 Å². The Bertz CT molecular complexity index is 1110. The summed E-state index contributed by atoms with van der Waals surface area (Å²) in [6.07, 6.45) is -5.46. The van der Waals surface area contributed by atoms with Crippen molar-refractivity contribution in [3.8, 4) is 6.07 Å². The highest BCUT2D eigenvalue weighted by atomic mass is 35.5. The molecular weight excluding hydrogens is 464 g/mol. The number of fused-ring (bicyclic) bond motifs is 1. The summed E-state index contributed by atoms with van der Waals surface area (Å²) in [4.78, 5) is -0.667. The smallest absolute Gasteiger partial charge is 0.398 e. The van der Waals surface area contributed by atoms with Crippen LogP contribution in [0, 0.1) is 11.3 Å². The number of benzene rings is 2. The summed E-state index contributed by atoms with van der Waals surface area (Å²) in [5.41, 5.74) is 6.56. The second kappa shape index (κ2) is 8.15. The standard InChI is InChI=1S/C18H15Cl2F3N4O2S/c19-11-5-13(20)17(14(25)6-11)30(28,29)27-15(18(21,22)23)4-10-8-26-16-9(7-24)2-1-3-12(10)16/h1-3,5-6,10,15,26-27H,4,8,25H2. The summed E-state index contributed by atoms with van der Waals surface area (Å²) in [5.74, 6) is -0.666. The average Bonchev–Trinajstić information content (AvgIpc) is 3.02. The minimum Gasteiger partial charge on any atom is -0.398 e. The van der Waals surface area contributed by atoms with Gasteiger partial charge in [-0.1, -0.05) is 35.3 Å². The number of nitrogens with two attached hydrogens (primary N) is 1. The number of nitrogens with zero attached hydrogens (tertiary/aromatic N) is 1. The lowest BCUT2D eigenvalue weighted by Crippen LogP contribution is -2.46. The van der Waals surface area contributed by atoms with E-state index in [0.717, 1.165) is 12.1 Å². The summed E-state index contributed by atoms with van der Waals surface area (Å²) in [6, 6.07) is 6.46. The predicted octanol–water partition coefficient (Wildman–Crippen LogP) is 4.26. The third-order valence-corrected chi connectivity index (χ3v) is 6.92. The fourth-order valence-corrected chi connectivity index (χ4v) is 5.61. The maximum absolute atomic E-state index is 13.7. The summed E-state index contributed by atoms with van der Waals surface area (Å²) in [7, 11) is -4.71. The summed E-state index contributed by atoms with van der Waals surface area (Å²) in [6.45, 7) is 0.131. The number of anilines is 2. The van der Waals surface area contributed by atoms with Crippen molar-refractivity contribution in [2.45, 2.75) is 29.5 Å². The molecule has 30 heavy (non-hydrogen) atoms. The van der Waals surface area contributed by atoms with Crippen LogP contribution < -0.4 is 15.8 Å². The number of nitrogen functional groups attached to an aromatic ring is 1. The number of halogens is 5. The second-order valence-electron chi connectivity index (χ2n) is 6.72. The molecule has 2 aromatic rings. The highest BCUT2D eigenvalue weighted by Crippen LogP contribution is 2.40. The van der Waals surface area contributed by atoms with E-state index in [1.807, 2.05) is 6.07 Å². The van der Waals surface area contributed by atoms with Crippen molar-refractivity contribution < 1.29 is 21.6 Å². The molecule has 1 aliphatic rings. The molecule has 0 spiro atoms. The molecule has 2 atom stereocenters. The first-order valence-electron chi connectivity index (χ1n) is 8.54. The second-order valence-corrected chi connectivity index (χ2v) is 9.21. The van der Waals surface area contributed by atoms with Crippen LogP contribution >= 0.6 is 23.2 Å². The molecular formula is C18H15Cl2F3N4O2S. The van der Waals surface area contributed by atoms with Crippen molar-refractivity contribution in [2.24, 2.45) is 0 Å². The first kappa shape index (κ1) is 22.5. The van der Waals surface area contributed by atoms with Crippen molar-refractivity contribution in [2.75, 3.05) is 17.6 Å². The SMILES string of the molecule is N#Cc1cccc2c1NCC2CC(NS(=O)(=O)c1c(N)cc(Cl)cc1Cl)C(F)(F)F. The Morgan fingerprint density at radius 3 is 2.63 bits per heavy atom. The van der Waals surface area contributed by atoms with Crippen molar-refractivity contribution in [1.82, 2.24) is 4.72 Å². The van der Waals surface area contributed by atoms with Gasteiger partial charge in [0.2, 0.25) is 10.0 Å². The van der Waals surface area contributed by atoms with E-state index in [9.17, 15) is 21.6 Å². The number of hydrogen-bond acceptors (Lipinski definition) is 5. The number of para-hydroxylation sites is 1. The number of rotatable bonds is 5. The number of nitrogens with one attached hydrogen (secondary N) is 2. The Balaban J connectivity index is 1.92. The Kier molecular flexibility index (Phi) is 6.11. The molecule has 6 nitrogen and oxygen atoms in total. The molecule has 0 saturated heterocycles. The lowest BCUT2D eigenvalue weighted by atomic mass is 9.93. The van der Waals surface area contributed by atoms with Crippen LogP contribution in [0.3, 0.4) is 0 Å². The van der Waals surface area contributed by atoms with Gasteiger partial charge in [-0.25, -0.2) is 8.42 Å². The van der Waals surface area contributed by atoms with Crippen LogP contribution in [0.4, 0.5) is 24.5 Å². The molecule has 160 valence electrons. The van der Waals surface area contributed by atoms with Crippen LogP contribution in [-0.4, -0.2) is 27.2 Å². The third kappa shape index (κ3) is 4.44. The summed E-state index contributed by atoms with van der Waals surface area (Å²) in [5, 5.41) is 11.7. The normalized spacial score (nSPS) is 17.1. The van der Waals surface area contributed by atoms with Crippen LogP contribution in [0.15, 0.2) is 35.2 Å². The van der Waals surface area contributed by atoms with Crippen molar-refractivity contribution in [1.29, 1.82) is 5.26 Å². The van der Waals surface area contributed by atoms with E-state index >= 15 is 0 Å². The minimum atomic E-state index is -4.88. The maximum Gasteiger partial charge on any atom is 0.404 e. The predicted molar refractivity (Wildman–Crippen MR) is 108 cm³/mol. The van der Waals surface area contributed by atoms with Crippen LogP contribution in [0.1, 0.15) is 23.5 Å². The zero-order valence-electron chi connectivity index (χ0n) is 15.1. The highest BCUT2D eigenvalue weighted by molar-refractivity contribution is 7.89. The van der Waals surface area contributed by atoms with E-state index in [4.69, 9.17) is 34.2 Å². The largest absolute Gasteiger partial charge is 0.404 e. The van der Waals surface area contributed by atoms with Crippen LogP contribution in [0.5, 0.6) is 0 Å². The Labute approximate surface area is 180 Å². The zero-order chi connectivity index (χ0) is 22.3. The zero-order valence-corrected chi connectivity index (χ0v) is 17.4. The van der Waals surface area contributed by atoms with Crippen molar-refractivity contribution in [3.05, 3.63) is 51.5 Å². The van der Waals surface area contributed by atoms with Gasteiger partial charge in [0.25, 0.3) is 0 Å². The molecule has 0 bridgehead atoms. The number of alkyl halides is 3. The molecule has 0 amide bonds. The lowest BCUT2D eigenvalue weighted by Gasteiger charge is -2.25. The monoisotopic (exact) mass is 478 g/mol. The molecule has 4 N–H and O–H groups in total. The van der Waals surface area contributed by atoms with Crippen molar-refractivity contribution >= 4 is 44.6 Å².